The molecule has 7 heteroatoms. The zero-order valence-corrected chi connectivity index (χ0v) is 26.7. The summed E-state index contributed by atoms with van der Waals surface area (Å²) in [6.07, 6.45) is 5.73. The van der Waals surface area contributed by atoms with Gasteiger partial charge in [0, 0.05) is 48.4 Å². The number of nitrogens with one attached hydrogen (secondary N) is 1. The Morgan fingerprint density at radius 3 is 2.31 bits per heavy atom. The minimum absolute atomic E-state index is 0.0183. The maximum absolute atomic E-state index is 13.6. The Kier molecular flexibility index (Phi) is 12.4. The van der Waals surface area contributed by atoms with Gasteiger partial charge in [0.15, 0.2) is 0 Å². The molecule has 42 heavy (non-hydrogen) atoms. The highest BCUT2D eigenvalue weighted by Crippen LogP contribution is 2.35. The number of rotatable bonds is 13. The standard InChI is InChI=1S/C35H47F3N4/c1-12-42(22-24(3)14-13-15-31(37)27(6)36)41(11)34(35(8,9)10)26(5)25(4)28(7)40-32-18-16-23(2)20-30(32)29-17-19-33(38)39-21-29/h12,14,16-21,34,40H,1,7,13,15,22H2,2-6,8-11H3/b24-14+,26-25+,31-27-. The molecule has 0 fully saturated rings. The number of aromatic nitrogens is 1. The van der Waals surface area contributed by atoms with Crippen LogP contribution < -0.4 is 5.32 Å². The first-order chi connectivity index (χ1) is 19.6. The van der Waals surface area contributed by atoms with Gasteiger partial charge in [-0.1, -0.05) is 57.2 Å². The van der Waals surface area contributed by atoms with Crippen LogP contribution in [-0.2, 0) is 0 Å². The van der Waals surface area contributed by atoms with Gasteiger partial charge in [-0.05, 0) is 81.9 Å². The Bertz CT molecular complexity index is 1340. The summed E-state index contributed by atoms with van der Waals surface area (Å²) < 4.78 is 40.1. The van der Waals surface area contributed by atoms with Crippen molar-refractivity contribution in [1.82, 2.24) is 15.0 Å². The minimum atomic E-state index is -0.763. The van der Waals surface area contributed by atoms with Gasteiger partial charge in [0.1, 0.15) is 11.7 Å². The smallest absolute Gasteiger partial charge is 0.212 e. The van der Waals surface area contributed by atoms with E-state index < -0.39 is 17.6 Å². The van der Waals surface area contributed by atoms with Crippen molar-refractivity contribution in [2.45, 2.75) is 74.3 Å². The minimum Gasteiger partial charge on any atom is -0.355 e. The van der Waals surface area contributed by atoms with E-state index in [1.165, 1.54) is 12.3 Å². The second-order valence-corrected chi connectivity index (χ2v) is 12.0. The van der Waals surface area contributed by atoms with Crippen molar-refractivity contribution < 1.29 is 13.2 Å². The number of aryl methyl sites for hydroxylation is 1. The van der Waals surface area contributed by atoms with Gasteiger partial charge in [-0.2, -0.15) is 4.39 Å². The highest BCUT2D eigenvalue weighted by atomic mass is 19.2. The van der Waals surface area contributed by atoms with Gasteiger partial charge in [-0.3, -0.25) is 0 Å². The summed E-state index contributed by atoms with van der Waals surface area (Å²) in [6.45, 7) is 24.9. The van der Waals surface area contributed by atoms with E-state index in [1.807, 2.05) is 50.2 Å². The van der Waals surface area contributed by atoms with E-state index in [-0.39, 0.29) is 17.9 Å². The molecule has 2 aromatic rings. The molecule has 1 unspecified atom stereocenters. The summed E-state index contributed by atoms with van der Waals surface area (Å²) >= 11 is 0. The highest BCUT2D eigenvalue weighted by Gasteiger charge is 2.33. The van der Waals surface area contributed by atoms with Crippen LogP contribution in [0.5, 0.6) is 0 Å². The molecule has 0 amide bonds. The van der Waals surface area contributed by atoms with Crippen LogP contribution in [0.1, 0.15) is 66.9 Å². The molecule has 1 aromatic heterocycles. The highest BCUT2D eigenvalue weighted by molar-refractivity contribution is 5.79. The molecule has 4 nitrogen and oxygen atoms in total. The van der Waals surface area contributed by atoms with Crippen molar-refractivity contribution in [2.24, 2.45) is 5.41 Å². The number of likely N-dealkylation sites (N-methyl/N-ethyl adjacent to an activating group) is 1. The zero-order valence-electron chi connectivity index (χ0n) is 26.7. The topological polar surface area (TPSA) is 31.4 Å². The Labute approximate surface area is 251 Å². The lowest BCUT2D eigenvalue weighted by atomic mass is 9.80. The molecule has 0 bridgehead atoms. The van der Waals surface area contributed by atoms with Crippen LogP contribution in [0.15, 0.2) is 96.0 Å². The molecule has 1 heterocycles. The van der Waals surface area contributed by atoms with E-state index in [1.54, 1.807) is 12.3 Å². The van der Waals surface area contributed by atoms with Gasteiger partial charge in [0.05, 0.1) is 12.6 Å². The Balaban J connectivity index is 2.35. The first-order valence-corrected chi connectivity index (χ1v) is 14.2. The maximum atomic E-state index is 13.6. The molecule has 0 spiro atoms. The van der Waals surface area contributed by atoms with E-state index in [9.17, 15) is 13.2 Å². The molecule has 228 valence electrons. The average Bonchev–Trinajstić information content (AvgIpc) is 2.91. The fourth-order valence-electron chi connectivity index (χ4n) is 5.12. The monoisotopic (exact) mass is 580 g/mol. The van der Waals surface area contributed by atoms with Crippen LogP contribution in [0.4, 0.5) is 18.9 Å². The lowest BCUT2D eigenvalue weighted by molar-refractivity contribution is -0.0136. The SMILES string of the molecule is C=CN(C/C(C)=C/CC/C(F)=C(\C)F)N(C)C(/C(C)=C(\C)C(=C)Nc1ccc(C)cc1-c1ccc(F)nc1)C(C)(C)C. The molecule has 0 aliphatic heterocycles. The second kappa shape index (κ2) is 15.1. The normalized spacial score (nSPS) is 14.3. The van der Waals surface area contributed by atoms with E-state index in [4.69, 9.17) is 0 Å². The first kappa shape index (κ1) is 34.6. The molecule has 0 aliphatic carbocycles. The Morgan fingerprint density at radius 1 is 1.10 bits per heavy atom. The van der Waals surface area contributed by atoms with Crippen molar-refractivity contribution in [2.75, 3.05) is 18.9 Å². The number of hydrogen-bond donors (Lipinski definition) is 1. The van der Waals surface area contributed by atoms with Crippen LogP contribution in [0.3, 0.4) is 0 Å². The third-order valence-electron chi connectivity index (χ3n) is 7.41. The molecule has 0 radical (unpaired) electrons. The number of halogens is 3. The molecular weight excluding hydrogens is 533 g/mol. The van der Waals surface area contributed by atoms with Gasteiger partial charge in [-0.15, -0.1) is 0 Å². The van der Waals surface area contributed by atoms with Gasteiger partial charge >= 0.3 is 0 Å². The lowest BCUT2D eigenvalue weighted by Crippen LogP contribution is -2.50. The van der Waals surface area contributed by atoms with Crippen LogP contribution in [0.2, 0.25) is 0 Å². The number of hydrogen-bond acceptors (Lipinski definition) is 4. The molecule has 0 saturated carbocycles. The van der Waals surface area contributed by atoms with E-state index in [2.05, 4.69) is 63.1 Å². The quantitative estimate of drug-likeness (QED) is 0.111. The largest absolute Gasteiger partial charge is 0.355 e. The number of benzene rings is 1. The van der Waals surface area contributed by atoms with Gasteiger partial charge in [0.2, 0.25) is 5.95 Å². The molecule has 0 saturated heterocycles. The summed E-state index contributed by atoms with van der Waals surface area (Å²) in [4.78, 5) is 3.83. The fourth-order valence-corrected chi connectivity index (χ4v) is 5.12. The molecule has 2 rings (SSSR count). The zero-order chi connectivity index (χ0) is 31.8. The van der Waals surface area contributed by atoms with Gasteiger partial charge in [0.25, 0.3) is 0 Å². The van der Waals surface area contributed by atoms with Crippen molar-refractivity contribution in [3.8, 4) is 11.1 Å². The van der Waals surface area contributed by atoms with Crippen molar-refractivity contribution >= 4 is 5.69 Å². The number of allylic oxidation sites excluding steroid dienone is 4. The van der Waals surface area contributed by atoms with Gasteiger partial charge in [-0.25, -0.2) is 18.8 Å². The second-order valence-electron chi connectivity index (χ2n) is 12.0. The predicted molar refractivity (Wildman–Crippen MR) is 171 cm³/mol. The maximum Gasteiger partial charge on any atom is 0.212 e. The Hall–Kier alpha value is -3.58. The van der Waals surface area contributed by atoms with Crippen LogP contribution in [-0.4, -0.2) is 34.6 Å². The summed E-state index contributed by atoms with van der Waals surface area (Å²) in [5.74, 6) is -1.99. The van der Waals surface area contributed by atoms with Gasteiger partial charge < -0.3 is 10.3 Å². The third-order valence-corrected chi connectivity index (χ3v) is 7.41. The molecule has 1 aromatic carbocycles. The van der Waals surface area contributed by atoms with Crippen molar-refractivity contribution in [3.05, 3.63) is 108 Å². The number of nitrogens with zero attached hydrogens (tertiary/aromatic N) is 3. The number of anilines is 1. The van der Waals surface area contributed by atoms with Crippen LogP contribution >= 0.6 is 0 Å². The van der Waals surface area contributed by atoms with Crippen LogP contribution in [0.25, 0.3) is 11.1 Å². The van der Waals surface area contributed by atoms with E-state index in [0.717, 1.165) is 51.7 Å². The van der Waals surface area contributed by atoms with Crippen molar-refractivity contribution in [3.63, 3.8) is 0 Å². The summed E-state index contributed by atoms with van der Waals surface area (Å²) in [5, 5.41) is 7.71. The van der Waals surface area contributed by atoms with E-state index in [0.29, 0.717) is 13.0 Å². The predicted octanol–water partition coefficient (Wildman–Crippen LogP) is 10.1. The number of pyridine rings is 1. The Morgan fingerprint density at radius 2 is 1.76 bits per heavy atom. The molecule has 1 atom stereocenters. The first-order valence-electron chi connectivity index (χ1n) is 14.2. The summed E-state index contributed by atoms with van der Waals surface area (Å²) in [7, 11) is 2.03. The summed E-state index contributed by atoms with van der Waals surface area (Å²) in [5.41, 5.74) is 7.46. The lowest BCUT2D eigenvalue weighted by Gasteiger charge is -2.45. The average molecular weight is 581 g/mol. The van der Waals surface area contributed by atoms with E-state index >= 15 is 0 Å². The molecular formula is C35H47F3N4. The summed E-state index contributed by atoms with van der Waals surface area (Å²) in [6, 6.07) is 9.13. The molecule has 1 N–H and O–H groups in total. The fraction of sp³-hybridized carbons (Fsp3) is 0.400. The van der Waals surface area contributed by atoms with Crippen LogP contribution in [0, 0.1) is 18.3 Å². The number of hydrazine groups is 1. The third kappa shape index (κ3) is 9.48. The molecule has 0 aliphatic rings. The van der Waals surface area contributed by atoms with Crippen molar-refractivity contribution in [1.29, 1.82) is 0 Å².